The standard InChI is InChI=1S/C30H31ClO10S/c1-15(32)37-14-24-28(38-16(2)33)30(40-18(4)35)29(39-17(3)34)27(41-24)23-13-19(12-20-10-11-25(31)42-20)26(36-5)22-9-7-6-8-21(22)23/h6-11,13,24,27-30H,12,14H2,1-5H3/t24-,27+,28-,29+,30+/m1/s1. The van der Waals surface area contributed by atoms with E-state index in [1.54, 1.807) is 7.11 Å². The molecule has 224 valence electrons. The summed E-state index contributed by atoms with van der Waals surface area (Å²) < 4.78 is 35.1. The first kappa shape index (κ1) is 31.3. The van der Waals surface area contributed by atoms with Crippen LogP contribution in [0.25, 0.3) is 10.8 Å². The van der Waals surface area contributed by atoms with E-state index in [-0.39, 0.29) is 6.61 Å². The van der Waals surface area contributed by atoms with Gasteiger partial charge in [-0.15, -0.1) is 11.3 Å². The zero-order chi connectivity index (χ0) is 30.6. The number of ether oxygens (including phenoxy) is 6. The van der Waals surface area contributed by atoms with Crippen molar-refractivity contribution in [3.63, 3.8) is 0 Å². The molecule has 0 spiro atoms. The van der Waals surface area contributed by atoms with Crippen molar-refractivity contribution in [2.24, 2.45) is 0 Å². The van der Waals surface area contributed by atoms with Crippen LogP contribution in [-0.4, -0.2) is 62.0 Å². The lowest BCUT2D eigenvalue weighted by atomic mass is 9.86. The maximum Gasteiger partial charge on any atom is 0.303 e. The number of halogens is 1. The molecule has 10 nitrogen and oxygen atoms in total. The molecule has 0 unspecified atom stereocenters. The van der Waals surface area contributed by atoms with Crippen LogP contribution in [0.4, 0.5) is 0 Å². The summed E-state index contributed by atoms with van der Waals surface area (Å²) in [7, 11) is 1.58. The largest absolute Gasteiger partial charge is 0.496 e. The fourth-order valence-electron chi connectivity index (χ4n) is 5.16. The number of benzene rings is 2. The second-order valence-corrected chi connectivity index (χ2v) is 11.5. The van der Waals surface area contributed by atoms with E-state index in [1.807, 2.05) is 42.5 Å². The molecule has 1 aliphatic rings. The average molecular weight is 619 g/mol. The summed E-state index contributed by atoms with van der Waals surface area (Å²) in [4.78, 5) is 49.5. The number of hydrogen-bond donors (Lipinski definition) is 0. The van der Waals surface area contributed by atoms with Crippen molar-refractivity contribution in [2.45, 2.75) is 64.6 Å². The van der Waals surface area contributed by atoms with Crippen LogP contribution in [0.5, 0.6) is 5.75 Å². The molecule has 0 amide bonds. The van der Waals surface area contributed by atoms with Gasteiger partial charge in [-0.2, -0.15) is 0 Å². The number of rotatable bonds is 9. The highest BCUT2D eigenvalue weighted by atomic mass is 35.5. The fraction of sp³-hybridized carbons (Fsp3) is 0.400. The molecule has 4 rings (SSSR count). The maximum absolute atomic E-state index is 12.4. The van der Waals surface area contributed by atoms with E-state index < -0.39 is 54.4 Å². The number of thiophene rings is 1. The normalized spacial score (nSPS) is 21.8. The zero-order valence-electron chi connectivity index (χ0n) is 23.7. The molecule has 0 bridgehead atoms. The second kappa shape index (κ2) is 13.5. The molecule has 5 atom stereocenters. The Balaban J connectivity index is 1.93. The lowest BCUT2D eigenvalue weighted by Crippen LogP contribution is -2.59. The molecule has 2 heterocycles. The number of carbonyl (C=O) groups is 4. The molecular weight excluding hydrogens is 588 g/mol. The van der Waals surface area contributed by atoms with Gasteiger partial charge in [0.25, 0.3) is 0 Å². The third kappa shape index (κ3) is 7.21. The van der Waals surface area contributed by atoms with Crippen LogP contribution in [0.15, 0.2) is 42.5 Å². The SMILES string of the molecule is COc1c(Cc2ccc(Cl)s2)cc([C@@H]2O[C@H](COC(C)=O)[C@@H](OC(C)=O)[C@H](OC(C)=O)[C@H]2OC(C)=O)c2ccccc12. The summed E-state index contributed by atoms with van der Waals surface area (Å²) in [5.74, 6) is -2.01. The summed E-state index contributed by atoms with van der Waals surface area (Å²) in [5.41, 5.74) is 1.40. The van der Waals surface area contributed by atoms with E-state index in [1.165, 1.54) is 39.0 Å². The summed E-state index contributed by atoms with van der Waals surface area (Å²) in [6, 6.07) is 13.1. The Bertz CT molecular complexity index is 1480. The molecule has 1 aromatic heterocycles. The van der Waals surface area contributed by atoms with Crippen molar-refractivity contribution < 1.29 is 47.6 Å². The van der Waals surface area contributed by atoms with Gasteiger partial charge >= 0.3 is 23.9 Å². The molecule has 42 heavy (non-hydrogen) atoms. The minimum Gasteiger partial charge on any atom is -0.496 e. The van der Waals surface area contributed by atoms with Crippen LogP contribution in [0.2, 0.25) is 4.34 Å². The summed E-state index contributed by atoms with van der Waals surface area (Å²) >= 11 is 7.63. The zero-order valence-corrected chi connectivity index (χ0v) is 25.3. The summed E-state index contributed by atoms with van der Waals surface area (Å²) in [6.07, 6.45) is -5.39. The number of hydrogen-bond acceptors (Lipinski definition) is 11. The van der Waals surface area contributed by atoms with Gasteiger partial charge in [-0.05, 0) is 29.1 Å². The van der Waals surface area contributed by atoms with E-state index in [9.17, 15) is 19.2 Å². The van der Waals surface area contributed by atoms with Gasteiger partial charge in [-0.3, -0.25) is 19.2 Å². The monoisotopic (exact) mass is 618 g/mol. The molecule has 2 aromatic carbocycles. The minimum atomic E-state index is -1.28. The van der Waals surface area contributed by atoms with Crippen molar-refractivity contribution in [3.8, 4) is 5.75 Å². The average Bonchev–Trinajstić information content (AvgIpc) is 3.33. The fourth-order valence-corrected chi connectivity index (χ4v) is 6.27. The van der Waals surface area contributed by atoms with Crippen molar-refractivity contribution in [1.82, 2.24) is 0 Å². The minimum absolute atomic E-state index is 0.316. The van der Waals surface area contributed by atoms with Gasteiger partial charge in [0, 0.05) is 49.9 Å². The number of carbonyl (C=O) groups excluding carboxylic acids is 4. The van der Waals surface area contributed by atoms with Gasteiger partial charge in [-0.1, -0.05) is 35.9 Å². The quantitative estimate of drug-likeness (QED) is 0.240. The Morgan fingerprint density at radius 2 is 1.45 bits per heavy atom. The first-order chi connectivity index (χ1) is 20.0. The van der Waals surface area contributed by atoms with E-state index in [0.29, 0.717) is 22.1 Å². The topological polar surface area (TPSA) is 124 Å². The second-order valence-electron chi connectivity index (χ2n) is 9.71. The molecule has 0 radical (unpaired) electrons. The van der Waals surface area contributed by atoms with Gasteiger partial charge in [0.2, 0.25) is 0 Å². The number of esters is 4. The Morgan fingerprint density at radius 1 is 0.833 bits per heavy atom. The molecule has 0 N–H and O–H groups in total. The van der Waals surface area contributed by atoms with Crippen LogP contribution in [-0.2, 0) is 49.3 Å². The van der Waals surface area contributed by atoms with Gasteiger partial charge in [0.05, 0.1) is 11.4 Å². The molecule has 12 heteroatoms. The van der Waals surface area contributed by atoms with Crippen molar-refractivity contribution in [3.05, 3.63) is 62.8 Å². The van der Waals surface area contributed by atoms with Crippen LogP contribution >= 0.6 is 22.9 Å². The van der Waals surface area contributed by atoms with Crippen molar-refractivity contribution in [1.29, 1.82) is 0 Å². The first-order valence-electron chi connectivity index (χ1n) is 13.1. The Morgan fingerprint density at radius 3 is 2.02 bits per heavy atom. The van der Waals surface area contributed by atoms with Crippen LogP contribution < -0.4 is 4.74 Å². The smallest absolute Gasteiger partial charge is 0.303 e. The predicted molar refractivity (Wildman–Crippen MR) is 154 cm³/mol. The highest BCUT2D eigenvalue weighted by molar-refractivity contribution is 7.16. The molecular formula is C30H31ClO10S. The highest BCUT2D eigenvalue weighted by Crippen LogP contribution is 2.44. The number of methoxy groups -OCH3 is 1. The van der Waals surface area contributed by atoms with E-state index >= 15 is 0 Å². The maximum atomic E-state index is 12.4. The molecule has 3 aromatic rings. The first-order valence-corrected chi connectivity index (χ1v) is 14.3. The van der Waals surface area contributed by atoms with Crippen molar-refractivity contribution >= 4 is 57.6 Å². The van der Waals surface area contributed by atoms with Crippen LogP contribution in [0.1, 0.15) is 49.8 Å². The van der Waals surface area contributed by atoms with Gasteiger partial charge in [0.1, 0.15) is 24.6 Å². The van der Waals surface area contributed by atoms with Crippen LogP contribution in [0.3, 0.4) is 0 Å². The van der Waals surface area contributed by atoms with Gasteiger partial charge in [-0.25, -0.2) is 0 Å². The van der Waals surface area contributed by atoms with E-state index in [0.717, 1.165) is 21.2 Å². The molecule has 0 saturated carbocycles. The Labute approximate surface area is 251 Å². The van der Waals surface area contributed by atoms with E-state index in [2.05, 4.69) is 0 Å². The van der Waals surface area contributed by atoms with E-state index in [4.69, 9.17) is 40.0 Å². The highest BCUT2D eigenvalue weighted by Gasteiger charge is 2.53. The third-order valence-electron chi connectivity index (χ3n) is 6.60. The predicted octanol–water partition coefficient (Wildman–Crippen LogP) is 4.95. The summed E-state index contributed by atoms with van der Waals surface area (Å²) in [6.45, 7) is 4.50. The van der Waals surface area contributed by atoms with Crippen LogP contribution in [0, 0.1) is 0 Å². The number of fused-ring (bicyclic) bond motifs is 1. The molecule has 1 fully saturated rings. The van der Waals surface area contributed by atoms with Gasteiger partial charge in [0.15, 0.2) is 18.3 Å². The molecule has 1 aliphatic heterocycles. The lowest BCUT2D eigenvalue weighted by molar-refractivity contribution is -0.254. The molecule has 0 aliphatic carbocycles. The Kier molecular flexibility index (Phi) is 10.1. The molecule has 1 saturated heterocycles. The van der Waals surface area contributed by atoms with Gasteiger partial charge < -0.3 is 28.4 Å². The summed E-state index contributed by atoms with van der Waals surface area (Å²) in [5, 5.41) is 1.49. The Hall–Kier alpha value is -3.67. The third-order valence-corrected chi connectivity index (χ3v) is 7.83. The van der Waals surface area contributed by atoms with Crippen molar-refractivity contribution in [2.75, 3.05) is 13.7 Å². The lowest BCUT2D eigenvalue weighted by Gasteiger charge is -2.45.